The normalized spacial score (nSPS) is 12.8. The lowest BCUT2D eigenvalue weighted by Gasteiger charge is -2.07. The van der Waals surface area contributed by atoms with Crippen LogP contribution in [0.2, 0.25) is 5.02 Å². The molecule has 1 aromatic rings. The second kappa shape index (κ2) is 6.31. The van der Waals surface area contributed by atoms with Crippen LogP contribution in [0.4, 0.5) is 0 Å². The van der Waals surface area contributed by atoms with E-state index in [2.05, 4.69) is 18.8 Å². The monoisotopic (exact) mass is 229 g/mol. The molecular formula is C11H16ClNS. The van der Waals surface area contributed by atoms with Gasteiger partial charge in [-0.05, 0) is 23.8 Å². The summed E-state index contributed by atoms with van der Waals surface area (Å²) in [6, 6.07) is 3.75. The summed E-state index contributed by atoms with van der Waals surface area (Å²) >= 11 is 7.79. The first-order valence-electron chi connectivity index (χ1n) is 4.90. The maximum atomic E-state index is 5.86. The van der Waals surface area contributed by atoms with E-state index >= 15 is 0 Å². The second-order valence-electron chi connectivity index (χ2n) is 3.49. The van der Waals surface area contributed by atoms with E-state index in [1.54, 1.807) is 6.20 Å². The topological polar surface area (TPSA) is 12.9 Å². The first-order valence-corrected chi connectivity index (χ1v) is 6.43. The Hall–Kier alpha value is -0.210. The van der Waals surface area contributed by atoms with Crippen LogP contribution in [-0.2, 0) is 5.75 Å². The van der Waals surface area contributed by atoms with Gasteiger partial charge < -0.3 is 0 Å². The predicted octanol–water partition coefficient (Wildman–Crippen LogP) is 4.01. The number of hydrogen-bond donors (Lipinski definition) is 0. The summed E-state index contributed by atoms with van der Waals surface area (Å²) in [5.74, 6) is 2.95. The van der Waals surface area contributed by atoms with Crippen LogP contribution >= 0.6 is 23.4 Å². The Morgan fingerprint density at radius 3 is 3.00 bits per heavy atom. The van der Waals surface area contributed by atoms with Crippen LogP contribution in [0.3, 0.4) is 0 Å². The van der Waals surface area contributed by atoms with E-state index in [9.17, 15) is 0 Å². The molecular weight excluding hydrogens is 214 g/mol. The molecule has 1 aromatic heterocycles. The van der Waals surface area contributed by atoms with Gasteiger partial charge in [-0.25, -0.2) is 0 Å². The van der Waals surface area contributed by atoms with Crippen LogP contribution < -0.4 is 0 Å². The zero-order valence-corrected chi connectivity index (χ0v) is 10.2. The molecule has 0 radical (unpaired) electrons. The molecule has 0 saturated carbocycles. The Balaban J connectivity index is 2.31. The molecule has 3 heteroatoms. The van der Waals surface area contributed by atoms with E-state index in [-0.39, 0.29) is 0 Å². The second-order valence-corrected chi connectivity index (χ2v) is 4.96. The molecule has 1 nitrogen and oxygen atoms in total. The summed E-state index contributed by atoms with van der Waals surface area (Å²) in [6.45, 7) is 4.50. The maximum Gasteiger partial charge on any atom is 0.0517 e. The summed E-state index contributed by atoms with van der Waals surface area (Å²) < 4.78 is 0. The van der Waals surface area contributed by atoms with Crippen LogP contribution in [0.25, 0.3) is 0 Å². The van der Waals surface area contributed by atoms with Crippen LogP contribution in [0.1, 0.15) is 26.0 Å². The largest absolute Gasteiger partial charge is 0.260 e. The Morgan fingerprint density at radius 2 is 2.36 bits per heavy atom. The van der Waals surface area contributed by atoms with Crippen molar-refractivity contribution in [3.8, 4) is 0 Å². The smallest absolute Gasteiger partial charge is 0.0517 e. The van der Waals surface area contributed by atoms with E-state index in [0.717, 1.165) is 22.4 Å². The van der Waals surface area contributed by atoms with Crippen LogP contribution in [-0.4, -0.2) is 10.7 Å². The molecule has 1 rings (SSSR count). The highest BCUT2D eigenvalue weighted by Gasteiger charge is 2.00. The average Bonchev–Trinajstić information content (AvgIpc) is 2.17. The molecule has 78 valence electrons. The lowest BCUT2D eigenvalue weighted by atomic mass is 10.2. The molecule has 0 aromatic carbocycles. The number of rotatable bonds is 5. The first kappa shape index (κ1) is 11.9. The summed E-state index contributed by atoms with van der Waals surface area (Å²) in [5.41, 5.74) is 1.07. The van der Waals surface area contributed by atoms with Crippen molar-refractivity contribution in [1.82, 2.24) is 4.98 Å². The van der Waals surface area contributed by atoms with E-state index in [4.69, 9.17) is 11.6 Å². The molecule has 0 bridgehead atoms. The molecule has 0 spiro atoms. The number of nitrogens with zero attached hydrogens (tertiary/aromatic N) is 1. The fourth-order valence-electron chi connectivity index (χ4n) is 1.01. The lowest BCUT2D eigenvalue weighted by Crippen LogP contribution is -1.96. The summed E-state index contributed by atoms with van der Waals surface area (Å²) in [5, 5.41) is 0.777. The number of aromatic nitrogens is 1. The maximum absolute atomic E-state index is 5.86. The molecule has 1 atom stereocenters. The molecule has 0 fully saturated rings. The van der Waals surface area contributed by atoms with Gasteiger partial charge in [0.2, 0.25) is 0 Å². The van der Waals surface area contributed by atoms with Crippen molar-refractivity contribution in [1.29, 1.82) is 0 Å². The van der Waals surface area contributed by atoms with Crippen LogP contribution in [0.15, 0.2) is 18.3 Å². The zero-order valence-electron chi connectivity index (χ0n) is 8.66. The van der Waals surface area contributed by atoms with Gasteiger partial charge in [0.05, 0.1) is 5.69 Å². The van der Waals surface area contributed by atoms with Gasteiger partial charge in [0.1, 0.15) is 0 Å². The van der Waals surface area contributed by atoms with Crippen LogP contribution in [0, 0.1) is 5.92 Å². The number of thioether (sulfide) groups is 1. The van der Waals surface area contributed by atoms with Crippen molar-refractivity contribution in [3.05, 3.63) is 29.0 Å². The van der Waals surface area contributed by atoms with Gasteiger partial charge in [-0.2, -0.15) is 11.8 Å². The highest BCUT2D eigenvalue weighted by molar-refractivity contribution is 7.98. The molecule has 14 heavy (non-hydrogen) atoms. The molecule has 1 heterocycles. The molecule has 0 aliphatic heterocycles. The van der Waals surface area contributed by atoms with Crippen molar-refractivity contribution in [2.75, 3.05) is 5.75 Å². The molecule has 0 N–H and O–H groups in total. The Morgan fingerprint density at radius 1 is 1.57 bits per heavy atom. The Kier molecular flexibility index (Phi) is 5.34. The lowest BCUT2D eigenvalue weighted by molar-refractivity contribution is 0.637. The van der Waals surface area contributed by atoms with Gasteiger partial charge in [0, 0.05) is 17.0 Å². The number of hydrogen-bond acceptors (Lipinski definition) is 2. The van der Waals surface area contributed by atoms with E-state index in [1.165, 1.54) is 12.2 Å². The van der Waals surface area contributed by atoms with Gasteiger partial charge >= 0.3 is 0 Å². The third-order valence-corrected chi connectivity index (χ3v) is 3.67. The van der Waals surface area contributed by atoms with Gasteiger partial charge in [-0.15, -0.1) is 0 Å². The summed E-state index contributed by atoms with van der Waals surface area (Å²) in [6.07, 6.45) is 3.01. The molecule has 0 saturated heterocycles. The van der Waals surface area contributed by atoms with Gasteiger partial charge in [-0.3, -0.25) is 4.98 Å². The molecule has 0 amide bonds. The highest BCUT2D eigenvalue weighted by Crippen LogP contribution is 2.17. The third kappa shape index (κ3) is 4.34. The zero-order chi connectivity index (χ0) is 10.4. The van der Waals surface area contributed by atoms with Gasteiger partial charge in [0.25, 0.3) is 0 Å². The average molecular weight is 230 g/mol. The minimum absolute atomic E-state index is 0.777. The fourth-order valence-corrected chi connectivity index (χ4v) is 2.32. The fraction of sp³-hybridized carbons (Fsp3) is 0.545. The molecule has 0 aliphatic carbocycles. The Bertz CT molecular complexity index is 278. The van der Waals surface area contributed by atoms with Crippen LogP contribution in [0.5, 0.6) is 0 Å². The standard InChI is InChI=1S/C11H16ClNS/c1-3-9(2)7-14-8-11-6-10(12)4-5-13-11/h4-6,9H,3,7-8H2,1-2H3. The highest BCUT2D eigenvalue weighted by atomic mass is 35.5. The van der Waals surface area contributed by atoms with Crippen molar-refractivity contribution in [3.63, 3.8) is 0 Å². The first-order chi connectivity index (χ1) is 6.72. The Labute approximate surface area is 95.3 Å². The predicted molar refractivity (Wildman–Crippen MR) is 64.9 cm³/mol. The molecule has 0 aliphatic rings. The van der Waals surface area contributed by atoms with E-state index < -0.39 is 0 Å². The van der Waals surface area contributed by atoms with Crippen molar-refractivity contribution in [2.45, 2.75) is 26.0 Å². The van der Waals surface area contributed by atoms with Crippen molar-refractivity contribution in [2.24, 2.45) is 5.92 Å². The quantitative estimate of drug-likeness (QED) is 0.757. The number of pyridine rings is 1. The summed E-state index contributed by atoms with van der Waals surface area (Å²) in [4.78, 5) is 4.26. The minimum Gasteiger partial charge on any atom is -0.260 e. The minimum atomic E-state index is 0.777. The van der Waals surface area contributed by atoms with Crippen molar-refractivity contribution < 1.29 is 0 Å². The third-order valence-electron chi connectivity index (χ3n) is 2.13. The number of halogens is 1. The van der Waals surface area contributed by atoms with E-state index in [1.807, 2.05) is 23.9 Å². The van der Waals surface area contributed by atoms with E-state index in [0.29, 0.717) is 0 Å². The molecule has 1 unspecified atom stereocenters. The SMILES string of the molecule is CCC(C)CSCc1cc(Cl)ccn1. The van der Waals surface area contributed by atoms with Crippen molar-refractivity contribution >= 4 is 23.4 Å². The van der Waals surface area contributed by atoms with Gasteiger partial charge in [-0.1, -0.05) is 31.9 Å². The summed E-state index contributed by atoms with van der Waals surface area (Å²) in [7, 11) is 0. The van der Waals surface area contributed by atoms with Gasteiger partial charge in [0.15, 0.2) is 0 Å².